The van der Waals surface area contributed by atoms with Crippen molar-refractivity contribution in [2.24, 2.45) is 4.99 Å². The molecule has 0 spiro atoms. The topological polar surface area (TPSA) is 90.9 Å². The largest absolute Gasteiger partial charge is 0.344 e. The molecule has 0 aromatic heterocycles. The Morgan fingerprint density at radius 2 is 2.00 bits per heavy atom. The van der Waals surface area contributed by atoms with Gasteiger partial charge in [0.2, 0.25) is 5.91 Å². The van der Waals surface area contributed by atoms with Gasteiger partial charge in [0.1, 0.15) is 5.84 Å². The first-order valence-corrected chi connectivity index (χ1v) is 9.99. The number of nitrogens with zero attached hydrogens (tertiary/aromatic N) is 2. The van der Waals surface area contributed by atoms with Gasteiger partial charge in [0.15, 0.2) is 0 Å². The van der Waals surface area contributed by atoms with Crippen molar-refractivity contribution < 1.29 is 13.2 Å². The smallest absolute Gasteiger partial charge is 0.263 e. The predicted molar refractivity (Wildman–Crippen MR) is 98.2 cm³/mol. The van der Waals surface area contributed by atoms with Crippen LogP contribution >= 0.6 is 0 Å². The van der Waals surface area contributed by atoms with Crippen LogP contribution in [-0.4, -0.2) is 58.8 Å². The number of hydrogen-bond donors (Lipinski definition) is 2. The van der Waals surface area contributed by atoms with Crippen molar-refractivity contribution in [2.45, 2.75) is 30.6 Å². The molecule has 1 amide bonds. The van der Waals surface area contributed by atoms with Crippen LogP contribution < -0.4 is 10.0 Å². The van der Waals surface area contributed by atoms with Crippen LogP contribution in [0.3, 0.4) is 0 Å². The van der Waals surface area contributed by atoms with Gasteiger partial charge in [-0.05, 0) is 32.0 Å². The second kappa shape index (κ2) is 8.96. The standard InChI is InChI=1S/C17H26N4O3S/c1-18-12-13-21(2)16(22)10-4-3-7-11-19-17-14-8-5-6-9-15(14)25(23,24)20-17/h5-6,8-9,18H,3-4,7,10-13H2,1-2H3,(H,19,20). The number of aliphatic imine (C=N–C) groups is 1. The zero-order chi connectivity index (χ0) is 18.3. The third-order valence-corrected chi connectivity index (χ3v) is 5.50. The molecular weight excluding hydrogens is 340 g/mol. The lowest BCUT2D eigenvalue weighted by molar-refractivity contribution is -0.129. The van der Waals surface area contributed by atoms with Crippen molar-refractivity contribution in [3.63, 3.8) is 0 Å². The molecule has 1 aromatic rings. The van der Waals surface area contributed by atoms with Gasteiger partial charge < -0.3 is 10.2 Å². The van der Waals surface area contributed by atoms with Crippen LogP contribution in [-0.2, 0) is 14.8 Å². The number of sulfonamides is 1. The molecule has 1 aliphatic rings. The van der Waals surface area contributed by atoms with Crippen molar-refractivity contribution in [1.82, 2.24) is 14.9 Å². The van der Waals surface area contributed by atoms with Crippen molar-refractivity contribution in [3.05, 3.63) is 29.8 Å². The molecule has 25 heavy (non-hydrogen) atoms. The van der Waals surface area contributed by atoms with Gasteiger partial charge in [0, 0.05) is 38.7 Å². The van der Waals surface area contributed by atoms with Gasteiger partial charge >= 0.3 is 0 Å². The first-order valence-electron chi connectivity index (χ1n) is 8.51. The van der Waals surface area contributed by atoms with E-state index in [1.807, 2.05) is 14.1 Å². The highest BCUT2D eigenvalue weighted by atomic mass is 32.2. The second-order valence-electron chi connectivity index (χ2n) is 6.06. The summed E-state index contributed by atoms with van der Waals surface area (Å²) >= 11 is 0. The van der Waals surface area contributed by atoms with E-state index in [1.165, 1.54) is 0 Å². The van der Waals surface area contributed by atoms with E-state index in [0.717, 1.165) is 25.8 Å². The normalized spacial score (nSPS) is 16.5. The summed E-state index contributed by atoms with van der Waals surface area (Å²) in [4.78, 5) is 18.3. The number of unbranched alkanes of at least 4 members (excludes halogenated alkanes) is 2. The molecule has 8 heteroatoms. The molecule has 0 saturated carbocycles. The number of rotatable bonds is 9. The zero-order valence-corrected chi connectivity index (χ0v) is 15.6. The summed E-state index contributed by atoms with van der Waals surface area (Å²) in [5.41, 5.74) is 0.629. The Kier molecular flexibility index (Phi) is 6.95. The Morgan fingerprint density at radius 3 is 2.76 bits per heavy atom. The molecule has 1 aliphatic heterocycles. The van der Waals surface area contributed by atoms with E-state index in [0.29, 0.717) is 30.9 Å². The van der Waals surface area contributed by atoms with Crippen LogP contribution in [0.25, 0.3) is 0 Å². The quantitative estimate of drug-likeness (QED) is 0.637. The highest BCUT2D eigenvalue weighted by Crippen LogP contribution is 2.22. The minimum absolute atomic E-state index is 0.152. The summed E-state index contributed by atoms with van der Waals surface area (Å²) in [6, 6.07) is 6.83. The number of carbonyl (C=O) groups is 1. The van der Waals surface area contributed by atoms with Crippen molar-refractivity contribution >= 4 is 21.8 Å². The lowest BCUT2D eigenvalue weighted by atomic mass is 10.1. The zero-order valence-electron chi connectivity index (χ0n) is 14.8. The maximum Gasteiger partial charge on any atom is 0.263 e. The van der Waals surface area contributed by atoms with Crippen molar-refractivity contribution in [2.75, 3.05) is 33.7 Å². The van der Waals surface area contributed by atoms with Crippen molar-refractivity contribution in [3.8, 4) is 0 Å². The summed E-state index contributed by atoms with van der Waals surface area (Å²) in [5, 5.41) is 3.02. The van der Waals surface area contributed by atoms with Gasteiger partial charge in [-0.25, -0.2) is 8.42 Å². The van der Waals surface area contributed by atoms with Crippen LogP contribution in [0.1, 0.15) is 31.2 Å². The predicted octanol–water partition coefficient (Wildman–Crippen LogP) is 0.963. The molecule has 2 N–H and O–H groups in total. The van der Waals surface area contributed by atoms with Crippen molar-refractivity contribution in [1.29, 1.82) is 0 Å². The number of nitrogens with one attached hydrogen (secondary N) is 2. The lowest BCUT2D eigenvalue weighted by Crippen LogP contribution is -2.32. The summed E-state index contributed by atoms with van der Waals surface area (Å²) in [6.45, 7) is 2.04. The van der Waals surface area contributed by atoms with Crippen LogP contribution in [0.15, 0.2) is 34.2 Å². The summed E-state index contributed by atoms with van der Waals surface area (Å²) < 4.78 is 26.4. The average molecular weight is 366 g/mol. The van der Waals surface area contributed by atoms with Gasteiger partial charge in [-0.3, -0.25) is 14.5 Å². The van der Waals surface area contributed by atoms with E-state index in [9.17, 15) is 13.2 Å². The molecule has 7 nitrogen and oxygen atoms in total. The number of hydrogen-bond acceptors (Lipinski definition) is 5. The van der Waals surface area contributed by atoms with Crippen LogP contribution in [0, 0.1) is 0 Å². The summed E-state index contributed by atoms with van der Waals surface area (Å²) in [7, 11) is 0.212. The molecule has 0 aliphatic carbocycles. The molecular formula is C17H26N4O3S. The minimum Gasteiger partial charge on any atom is -0.344 e. The Balaban J connectivity index is 1.73. The fourth-order valence-electron chi connectivity index (χ4n) is 2.60. The van der Waals surface area contributed by atoms with Gasteiger partial charge in [-0.1, -0.05) is 18.6 Å². The van der Waals surface area contributed by atoms with E-state index in [-0.39, 0.29) is 10.8 Å². The fraction of sp³-hybridized carbons (Fsp3) is 0.529. The molecule has 0 fully saturated rings. The monoisotopic (exact) mass is 366 g/mol. The molecule has 1 aromatic carbocycles. The molecule has 0 saturated heterocycles. The third kappa shape index (κ3) is 5.27. The summed E-state index contributed by atoms with van der Waals surface area (Å²) in [6.07, 6.45) is 3.06. The molecule has 2 rings (SSSR count). The first-order chi connectivity index (χ1) is 12.0. The lowest BCUT2D eigenvalue weighted by Gasteiger charge is -2.16. The molecule has 0 bridgehead atoms. The van der Waals surface area contributed by atoms with E-state index in [4.69, 9.17) is 0 Å². The Labute approximate surface area is 149 Å². The Morgan fingerprint density at radius 1 is 1.24 bits per heavy atom. The minimum atomic E-state index is -3.47. The highest BCUT2D eigenvalue weighted by molar-refractivity contribution is 7.90. The summed E-state index contributed by atoms with van der Waals surface area (Å²) in [5.74, 6) is 0.567. The maximum atomic E-state index is 12.0. The van der Waals surface area contributed by atoms with Crippen LogP contribution in [0.5, 0.6) is 0 Å². The Bertz CT molecular complexity index is 731. The number of fused-ring (bicyclic) bond motifs is 1. The van der Waals surface area contributed by atoms with E-state index >= 15 is 0 Å². The Hall–Kier alpha value is -1.93. The number of amidine groups is 1. The first kappa shape index (κ1) is 19.4. The SMILES string of the molecule is CNCCN(C)C(=O)CCCCCN=C1NS(=O)(=O)c2ccccc21. The van der Waals surface area contributed by atoms with E-state index < -0.39 is 10.0 Å². The van der Waals surface area contributed by atoms with E-state index in [2.05, 4.69) is 15.0 Å². The number of carbonyl (C=O) groups excluding carboxylic acids is 1. The van der Waals surface area contributed by atoms with E-state index in [1.54, 1.807) is 29.2 Å². The van der Waals surface area contributed by atoms with Gasteiger partial charge in [0.05, 0.1) is 4.90 Å². The number of likely N-dealkylation sites (N-methyl/N-ethyl adjacent to an activating group) is 2. The number of benzene rings is 1. The van der Waals surface area contributed by atoms with Gasteiger partial charge in [0.25, 0.3) is 10.0 Å². The number of amides is 1. The molecule has 0 atom stereocenters. The van der Waals surface area contributed by atoms with Crippen LogP contribution in [0.4, 0.5) is 0 Å². The van der Waals surface area contributed by atoms with Crippen LogP contribution in [0.2, 0.25) is 0 Å². The molecule has 1 heterocycles. The maximum absolute atomic E-state index is 12.0. The second-order valence-corrected chi connectivity index (χ2v) is 7.71. The van der Waals surface area contributed by atoms with Gasteiger partial charge in [-0.2, -0.15) is 0 Å². The average Bonchev–Trinajstić information content (AvgIpc) is 2.86. The third-order valence-electron chi connectivity index (χ3n) is 4.10. The molecule has 0 unspecified atom stereocenters. The molecule has 138 valence electrons. The molecule has 0 radical (unpaired) electrons. The highest BCUT2D eigenvalue weighted by Gasteiger charge is 2.29. The fourth-order valence-corrected chi connectivity index (χ4v) is 3.85. The van der Waals surface area contributed by atoms with Gasteiger partial charge in [-0.15, -0.1) is 0 Å².